The highest BCUT2D eigenvalue weighted by atomic mass is 16.5. The minimum absolute atomic E-state index is 0.147. The molecule has 1 aliphatic heterocycles. The minimum Gasteiger partial charge on any atom is -0.466 e. The van der Waals surface area contributed by atoms with Gasteiger partial charge in [0.25, 0.3) is 0 Å². The van der Waals surface area contributed by atoms with E-state index in [2.05, 4.69) is 16.5 Å². The van der Waals surface area contributed by atoms with E-state index in [1.165, 1.54) is 5.56 Å². The summed E-state index contributed by atoms with van der Waals surface area (Å²) in [5.74, 6) is 0.578. The number of nitrogens with zero attached hydrogens (tertiary/aromatic N) is 1. The first-order valence-electron chi connectivity index (χ1n) is 8.53. The van der Waals surface area contributed by atoms with Gasteiger partial charge < -0.3 is 14.6 Å². The number of carbonyl (C=O) groups is 1. The first kappa shape index (κ1) is 16.7. The second-order valence-electron chi connectivity index (χ2n) is 6.51. The van der Waals surface area contributed by atoms with Crippen LogP contribution < -0.4 is 5.32 Å². The SMILES string of the molecule is CCOC(=O)C1(Cc2cc(-c3cccc(C)c3)no2)CCCNC1. The molecule has 1 fully saturated rings. The van der Waals surface area contributed by atoms with Gasteiger partial charge in [0.15, 0.2) is 0 Å². The third kappa shape index (κ3) is 3.51. The molecule has 1 N–H and O–H groups in total. The van der Waals surface area contributed by atoms with Crippen molar-refractivity contribution in [3.8, 4) is 11.3 Å². The molecule has 0 aliphatic carbocycles. The minimum atomic E-state index is -0.558. The summed E-state index contributed by atoms with van der Waals surface area (Å²) in [6.45, 7) is 5.84. The average Bonchev–Trinajstić information content (AvgIpc) is 3.04. The lowest BCUT2D eigenvalue weighted by Crippen LogP contribution is -2.47. The molecule has 128 valence electrons. The van der Waals surface area contributed by atoms with Gasteiger partial charge >= 0.3 is 5.97 Å². The molecular weight excluding hydrogens is 304 g/mol. The summed E-state index contributed by atoms with van der Waals surface area (Å²) in [5, 5.41) is 7.50. The van der Waals surface area contributed by atoms with Gasteiger partial charge in [-0.05, 0) is 39.3 Å². The zero-order valence-electron chi connectivity index (χ0n) is 14.3. The van der Waals surface area contributed by atoms with Gasteiger partial charge in [-0.2, -0.15) is 0 Å². The number of esters is 1. The molecule has 1 saturated heterocycles. The highest BCUT2D eigenvalue weighted by molar-refractivity contribution is 5.77. The molecule has 0 spiro atoms. The molecule has 3 rings (SSSR count). The van der Waals surface area contributed by atoms with Crippen LogP contribution in [0, 0.1) is 12.3 Å². The molecule has 0 saturated carbocycles. The summed E-state index contributed by atoms with van der Waals surface area (Å²) < 4.78 is 10.9. The lowest BCUT2D eigenvalue weighted by atomic mass is 9.77. The van der Waals surface area contributed by atoms with Crippen LogP contribution in [0.15, 0.2) is 34.9 Å². The van der Waals surface area contributed by atoms with Crippen LogP contribution in [0.25, 0.3) is 11.3 Å². The maximum absolute atomic E-state index is 12.5. The summed E-state index contributed by atoms with van der Waals surface area (Å²) in [6, 6.07) is 10.1. The Morgan fingerprint density at radius 3 is 3.00 bits per heavy atom. The average molecular weight is 328 g/mol. The normalized spacial score (nSPS) is 20.8. The molecule has 1 atom stereocenters. The molecule has 5 heteroatoms. The zero-order chi connectivity index (χ0) is 17.0. The molecule has 0 amide bonds. The number of benzene rings is 1. The molecule has 0 radical (unpaired) electrons. The Balaban J connectivity index is 1.82. The van der Waals surface area contributed by atoms with Gasteiger partial charge in [-0.15, -0.1) is 0 Å². The molecule has 2 aromatic rings. The van der Waals surface area contributed by atoms with Gasteiger partial charge in [-0.3, -0.25) is 4.79 Å². The fourth-order valence-corrected chi connectivity index (χ4v) is 3.32. The summed E-state index contributed by atoms with van der Waals surface area (Å²) >= 11 is 0. The molecule has 0 bridgehead atoms. The topological polar surface area (TPSA) is 64.4 Å². The number of rotatable bonds is 5. The van der Waals surface area contributed by atoms with E-state index in [4.69, 9.17) is 9.26 Å². The van der Waals surface area contributed by atoms with E-state index in [1.54, 1.807) is 0 Å². The van der Waals surface area contributed by atoms with Crippen LogP contribution in [0.3, 0.4) is 0 Å². The third-order valence-electron chi connectivity index (χ3n) is 4.57. The van der Waals surface area contributed by atoms with Crippen LogP contribution >= 0.6 is 0 Å². The maximum Gasteiger partial charge on any atom is 0.313 e. The van der Waals surface area contributed by atoms with E-state index in [1.807, 2.05) is 38.1 Å². The van der Waals surface area contributed by atoms with Gasteiger partial charge in [-0.25, -0.2) is 0 Å². The molecule has 2 heterocycles. The molecule has 5 nitrogen and oxygen atoms in total. The Morgan fingerprint density at radius 1 is 1.42 bits per heavy atom. The Morgan fingerprint density at radius 2 is 2.29 bits per heavy atom. The van der Waals surface area contributed by atoms with E-state index in [0.29, 0.717) is 19.6 Å². The zero-order valence-corrected chi connectivity index (χ0v) is 14.3. The Labute approximate surface area is 142 Å². The van der Waals surface area contributed by atoms with Crippen molar-refractivity contribution in [3.63, 3.8) is 0 Å². The summed E-state index contributed by atoms with van der Waals surface area (Å²) in [4.78, 5) is 12.5. The third-order valence-corrected chi connectivity index (χ3v) is 4.57. The number of ether oxygens (including phenoxy) is 1. The van der Waals surface area contributed by atoms with Gasteiger partial charge in [0, 0.05) is 24.6 Å². The summed E-state index contributed by atoms with van der Waals surface area (Å²) in [5.41, 5.74) is 2.45. The monoisotopic (exact) mass is 328 g/mol. The molecule has 1 aromatic carbocycles. The number of piperidine rings is 1. The largest absolute Gasteiger partial charge is 0.466 e. The van der Waals surface area contributed by atoms with Crippen molar-refractivity contribution < 1.29 is 14.1 Å². The smallest absolute Gasteiger partial charge is 0.313 e. The van der Waals surface area contributed by atoms with Crippen molar-refractivity contribution >= 4 is 5.97 Å². The van der Waals surface area contributed by atoms with Crippen LogP contribution in [0.5, 0.6) is 0 Å². The van der Waals surface area contributed by atoms with Crippen molar-refractivity contribution in [2.45, 2.75) is 33.1 Å². The number of aromatic nitrogens is 1. The highest BCUT2D eigenvalue weighted by Gasteiger charge is 2.42. The molecular formula is C19H24N2O3. The summed E-state index contributed by atoms with van der Waals surface area (Å²) in [6.07, 6.45) is 2.27. The second kappa shape index (κ2) is 7.18. The number of carbonyl (C=O) groups excluding carboxylic acids is 1. The highest BCUT2D eigenvalue weighted by Crippen LogP contribution is 2.33. The Hall–Kier alpha value is -2.14. The summed E-state index contributed by atoms with van der Waals surface area (Å²) in [7, 11) is 0. The van der Waals surface area contributed by atoms with Gasteiger partial charge in [0.2, 0.25) is 0 Å². The van der Waals surface area contributed by atoms with E-state index in [-0.39, 0.29) is 5.97 Å². The van der Waals surface area contributed by atoms with Crippen molar-refractivity contribution in [2.24, 2.45) is 5.41 Å². The lowest BCUT2D eigenvalue weighted by Gasteiger charge is -2.34. The van der Waals surface area contributed by atoms with E-state index < -0.39 is 5.41 Å². The second-order valence-corrected chi connectivity index (χ2v) is 6.51. The first-order chi connectivity index (χ1) is 11.6. The van der Waals surface area contributed by atoms with Gasteiger partial charge in [0.1, 0.15) is 11.5 Å². The number of hydrogen-bond donors (Lipinski definition) is 1. The lowest BCUT2D eigenvalue weighted by molar-refractivity contribution is -0.156. The van der Waals surface area contributed by atoms with Crippen molar-refractivity contribution in [1.29, 1.82) is 0 Å². The van der Waals surface area contributed by atoms with Gasteiger partial charge in [-0.1, -0.05) is 28.9 Å². The predicted octanol–water partition coefficient (Wildman–Crippen LogP) is 3.13. The molecule has 1 unspecified atom stereocenters. The first-order valence-corrected chi connectivity index (χ1v) is 8.53. The van der Waals surface area contributed by atoms with E-state index in [9.17, 15) is 4.79 Å². The molecule has 1 aliphatic rings. The van der Waals surface area contributed by atoms with Crippen LogP contribution in [-0.2, 0) is 16.0 Å². The fraction of sp³-hybridized carbons (Fsp3) is 0.474. The molecule has 1 aromatic heterocycles. The van der Waals surface area contributed by atoms with Crippen LogP contribution in [0.1, 0.15) is 31.1 Å². The molecule has 24 heavy (non-hydrogen) atoms. The van der Waals surface area contributed by atoms with Crippen LogP contribution in [0.4, 0.5) is 0 Å². The van der Waals surface area contributed by atoms with Crippen molar-refractivity contribution in [1.82, 2.24) is 10.5 Å². The predicted molar refractivity (Wildman–Crippen MR) is 91.5 cm³/mol. The maximum atomic E-state index is 12.5. The van der Waals surface area contributed by atoms with Crippen molar-refractivity contribution in [3.05, 3.63) is 41.7 Å². The quantitative estimate of drug-likeness (QED) is 0.854. The van der Waals surface area contributed by atoms with E-state index >= 15 is 0 Å². The Bertz CT molecular complexity index is 702. The number of aryl methyl sites for hydroxylation is 1. The standard InChI is InChI=1S/C19H24N2O3/c1-3-23-18(22)19(8-5-9-20-13-19)12-16-11-17(21-24-16)15-7-4-6-14(2)10-15/h4,6-7,10-11,20H,3,5,8-9,12-13H2,1-2H3. The van der Waals surface area contributed by atoms with Crippen LogP contribution in [0.2, 0.25) is 0 Å². The van der Waals surface area contributed by atoms with E-state index in [0.717, 1.165) is 36.4 Å². The fourth-order valence-electron chi connectivity index (χ4n) is 3.32. The van der Waals surface area contributed by atoms with Gasteiger partial charge in [0.05, 0.1) is 12.0 Å². The number of nitrogens with one attached hydrogen (secondary N) is 1. The van der Waals surface area contributed by atoms with Crippen molar-refractivity contribution in [2.75, 3.05) is 19.7 Å². The van der Waals surface area contributed by atoms with Crippen LogP contribution in [-0.4, -0.2) is 30.8 Å². The number of hydrogen-bond acceptors (Lipinski definition) is 5. The Kier molecular flexibility index (Phi) is 5.00.